The lowest BCUT2D eigenvalue weighted by molar-refractivity contribution is 0.0954. The zero-order valence-corrected chi connectivity index (χ0v) is 17.4. The maximum absolute atomic E-state index is 12.4. The highest BCUT2D eigenvalue weighted by atomic mass is 16.6. The van der Waals surface area contributed by atoms with Gasteiger partial charge in [-0.25, -0.2) is 0 Å². The lowest BCUT2D eigenvalue weighted by atomic mass is 10.1. The number of fused-ring (bicyclic) bond motifs is 1. The SMILES string of the molecule is O=C(NCCc1cccnc1)c1ccc(-c2cc(-c3ccc4c(c3)OCCO4)n[nH]2)cc1. The van der Waals surface area contributed by atoms with Gasteiger partial charge < -0.3 is 14.8 Å². The van der Waals surface area contributed by atoms with Crippen LogP contribution in [-0.2, 0) is 6.42 Å². The van der Waals surface area contributed by atoms with E-state index in [1.807, 2.05) is 66.9 Å². The predicted octanol–water partition coefficient (Wildman–Crippen LogP) is 3.88. The van der Waals surface area contributed by atoms with Crippen molar-refractivity contribution in [3.63, 3.8) is 0 Å². The van der Waals surface area contributed by atoms with Gasteiger partial charge in [-0.2, -0.15) is 5.10 Å². The molecule has 32 heavy (non-hydrogen) atoms. The third kappa shape index (κ3) is 4.32. The van der Waals surface area contributed by atoms with E-state index < -0.39 is 0 Å². The lowest BCUT2D eigenvalue weighted by Gasteiger charge is -2.18. The fourth-order valence-corrected chi connectivity index (χ4v) is 3.59. The van der Waals surface area contributed by atoms with Crippen LogP contribution in [0.25, 0.3) is 22.5 Å². The maximum Gasteiger partial charge on any atom is 0.251 e. The van der Waals surface area contributed by atoms with E-state index in [1.165, 1.54) is 0 Å². The summed E-state index contributed by atoms with van der Waals surface area (Å²) in [6, 6.07) is 19.1. The third-order valence-electron chi connectivity index (χ3n) is 5.30. The van der Waals surface area contributed by atoms with Gasteiger partial charge in [-0.05, 0) is 60.0 Å². The van der Waals surface area contributed by atoms with Gasteiger partial charge in [0.1, 0.15) is 13.2 Å². The van der Waals surface area contributed by atoms with Crippen LogP contribution in [0.4, 0.5) is 0 Å². The van der Waals surface area contributed by atoms with Crippen molar-refractivity contribution in [3.8, 4) is 34.0 Å². The molecule has 0 radical (unpaired) electrons. The molecule has 0 atom stereocenters. The van der Waals surface area contributed by atoms with E-state index in [-0.39, 0.29) is 5.91 Å². The fourth-order valence-electron chi connectivity index (χ4n) is 3.59. The Morgan fingerprint density at radius 1 is 0.969 bits per heavy atom. The first-order valence-corrected chi connectivity index (χ1v) is 10.5. The number of carbonyl (C=O) groups is 1. The number of hydrogen-bond donors (Lipinski definition) is 2. The number of benzene rings is 2. The molecule has 7 heteroatoms. The monoisotopic (exact) mass is 426 g/mol. The van der Waals surface area contributed by atoms with E-state index in [9.17, 15) is 4.79 Å². The molecule has 0 unspecified atom stereocenters. The summed E-state index contributed by atoms with van der Waals surface area (Å²) < 4.78 is 11.2. The summed E-state index contributed by atoms with van der Waals surface area (Å²) in [6.45, 7) is 1.68. The topological polar surface area (TPSA) is 89.1 Å². The van der Waals surface area contributed by atoms with Gasteiger partial charge in [0, 0.05) is 30.1 Å². The van der Waals surface area contributed by atoms with Gasteiger partial charge in [0.05, 0.1) is 11.4 Å². The molecular formula is C25H22N4O3. The molecule has 160 valence electrons. The van der Waals surface area contributed by atoms with Crippen LogP contribution in [0.15, 0.2) is 73.1 Å². The molecule has 0 spiro atoms. The molecular weight excluding hydrogens is 404 g/mol. The van der Waals surface area contributed by atoms with Crippen molar-refractivity contribution in [2.75, 3.05) is 19.8 Å². The van der Waals surface area contributed by atoms with Gasteiger partial charge in [0.25, 0.3) is 5.91 Å². The first kappa shape index (κ1) is 19.8. The normalized spacial score (nSPS) is 12.4. The van der Waals surface area contributed by atoms with Crippen molar-refractivity contribution in [1.82, 2.24) is 20.5 Å². The highest BCUT2D eigenvalue weighted by Gasteiger charge is 2.14. The van der Waals surface area contributed by atoms with Crippen LogP contribution in [-0.4, -0.2) is 40.8 Å². The molecule has 1 amide bonds. The molecule has 4 aromatic rings. The number of aromatic nitrogens is 3. The van der Waals surface area contributed by atoms with Crippen LogP contribution in [0.3, 0.4) is 0 Å². The Morgan fingerprint density at radius 2 is 1.78 bits per heavy atom. The second-order valence-electron chi connectivity index (χ2n) is 7.47. The predicted molar refractivity (Wildman–Crippen MR) is 121 cm³/mol. The molecule has 0 saturated heterocycles. The van der Waals surface area contributed by atoms with Gasteiger partial charge in [0.15, 0.2) is 11.5 Å². The minimum Gasteiger partial charge on any atom is -0.486 e. The van der Waals surface area contributed by atoms with Crippen LogP contribution in [0.5, 0.6) is 11.5 Å². The number of pyridine rings is 1. The molecule has 7 nitrogen and oxygen atoms in total. The van der Waals surface area contributed by atoms with Crippen molar-refractivity contribution >= 4 is 5.91 Å². The number of amides is 1. The van der Waals surface area contributed by atoms with Gasteiger partial charge in [-0.3, -0.25) is 14.9 Å². The summed E-state index contributed by atoms with van der Waals surface area (Å²) in [4.78, 5) is 16.5. The molecule has 1 aliphatic rings. The molecule has 1 aliphatic heterocycles. The summed E-state index contributed by atoms with van der Waals surface area (Å²) in [6.07, 6.45) is 4.29. The van der Waals surface area contributed by atoms with Crippen molar-refractivity contribution in [2.24, 2.45) is 0 Å². The standard InChI is InChI=1S/C25H22N4O3/c30-25(27-11-9-17-2-1-10-26-16-17)19-5-3-18(4-6-19)21-15-22(29-28-21)20-7-8-23-24(14-20)32-13-12-31-23/h1-8,10,14-16H,9,11-13H2,(H,27,30)(H,28,29). The summed E-state index contributed by atoms with van der Waals surface area (Å²) in [5.41, 5.74) is 5.30. The van der Waals surface area contributed by atoms with E-state index in [2.05, 4.69) is 20.5 Å². The second-order valence-corrected chi connectivity index (χ2v) is 7.47. The number of ether oxygens (including phenoxy) is 2. The number of carbonyl (C=O) groups excluding carboxylic acids is 1. The molecule has 2 N–H and O–H groups in total. The van der Waals surface area contributed by atoms with Crippen LogP contribution in [0.1, 0.15) is 15.9 Å². The fraction of sp³-hybridized carbons (Fsp3) is 0.160. The van der Waals surface area contributed by atoms with E-state index in [0.717, 1.165) is 46.0 Å². The number of rotatable bonds is 6. The van der Waals surface area contributed by atoms with E-state index in [0.29, 0.717) is 25.3 Å². The number of nitrogens with one attached hydrogen (secondary N) is 2. The largest absolute Gasteiger partial charge is 0.486 e. The van der Waals surface area contributed by atoms with Crippen molar-refractivity contribution in [3.05, 3.63) is 84.2 Å². The lowest BCUT2D eigenvalue weighted by Crippen LogP contribution is -2.25. The van der Waals surface area contributed by atoms with Crippen LogP contribution >= 0.6 is 0 Å². The minimum absolute atomic E-state index is 0.0954. The van der Waals surface area contributed by atoms with Gasteiger partial charge in [0.2, 0.25) is 0 Å². The van der Waals surface area contributed by atoms with Crippen molar-refractivity contribution in [1.29, 1.82) is 0 Å². The van der Waals surface area contributed by atoms with Gasteiger partial charge >= 0.3 is 0 Å². The molecule has 0 aliphatic carbocycles. The number of hydrogen-bond acceptors (Lipinski definition) is 5. The Bertz CT molecular complexity index is 1220. The van der Waals surface area contributed by atoms with Crippen LogP contribution < -0.4 is 14.8 Å². The molecule has 2 aromatic carbocycles. The Morgan fingerprint density at radius 3 is 2.59 bits per heavy atom. The third-order valence-corrected chi connectivity index (χ3v) is 5.30. The molecule has 5 rings (SSSR count). The van der Waals surface area contributed by atoms with E-state index in [4.69, 9.17) is 9.47 Å². The van der Waals surface area contributed by atoms with Gasteiger partial charge in [-0.1, -0.05) is 18.2 Å². The highest BCUT2D eigenvalue weighted by molar-refractivity contribution is 5.94. The molecule has 0 fully saturated rings. The maximum atomic E-state index is 12.4. The summed E-state index contributed by atoms with van der Waals surface area (Å²) in [7, 11) is 0. The Kier molecular flexibility index (Phi) is 5.53. The average molecular weight is 426 g/mol. The highest BCUT2D eigenvalue weighted by Crippen LogP contribution is 2.34. The van der Waals surface area contributed by atoms with Gasteiger partial charge in [-0.15, -0.1) is 0 Å². The zero-order valence-electron chi connectivity index (χ0n) is 17.4. The van der Waals surface area contributed by atoms with Crippen LogP contribution in [0.2, 0.25) is 0 Å². The molecule has 3 heterocycles. The zero-order chi connectivity index (χ0) is 21.8. The molecule has 0 bridgehead atoms. The first-order chi connectivity index (χ1) is 15.8. The van der Waals surface area contributed by atoms with Crippen molar-refractivity contribution < 1.29 is 14.3 Å². The second kappa shape index (κ2) is 8.93. The quantitative estimate of drug-likeness (QED) is 0.488. The number of H-pyrrole nitrogens is 1. The van der Waals surface area contributed by atoms with E-state index >= 15 is 0 Å². The number of nitrogens with zero attached hydrogens (tertiary/aromatic N) is 2. The smallest absolute Gasteiger partial charge is 0.251 e. The van der Waals surface area contributed by atoms with Crippen molar-refractivity contribution in [2.45, 2.75) is 6.42 Å². The Balaban J connectivity index is 1.23. The Hall–Kier alpha value is -4.13. The summed E-state index contributed by atoms with van der Waals surface area (Å²) in [5, 5.41) is 10.5. The molecule has 2 aromatic heterocycles. The summed E-state index contributed by atoms with van der Waals surface area (Å²) >= 11 is 0. The Labute approximate surface area is 185 Å². The first-order valence-electron chi connectivity index (χ1n) is 10.5. The minimum atomic E-state index is -0.0954. The summed E-state index contributed by atoms with van der Waals surface area (Å²) in [5.74, 6) is 1.39. The number of aromatic amines is 1. The van der Waals surface area contributed by atoms with Crippen LogP contribution in [0, 0.1) is 0 Å². The molecule has 0 saturated carbocycles. The van der Waals surface area contributed by atoms with E-state index in [1.54, 1.807) is 6.20 Å². The average Bonchev–Trinajstić information content (AvgIpc) is 3.35.